The number of rotatable bonds is 11. The number of Topliss-reactive ketones (excluding diaryl/α,β-unsaturated/α-hetero) is 1. The molecule has 7 nitrogen and oxygen atoms in total. The van der Waals surface area contributed by atoms with Gasteiger partial charge in [0.2, 0.25) is 0 Å². The molecule has 0 fully saturated rings. The third kappa shape index (κ3) is 7.73. The highest BCUT2D eigenvalue weighted by atomic mass is 35.5. The van der Waals surface area contributed by atoms with Crippen LogP contribution in [-0.4, -0.2) is 37.2 Å². The van der Waals surface area contributed by atoms with E-state index in [0.29, 0.717) is 17.2 Å². The minimum Gasteiger partial charge on any atom is -0.481 e. The predicted molar refractivity (Wildman–Crippen MR) is 115 cm³/mol. The Morgan fingerprint density at radius 3 is 2.06 bits per heavy atom. The highest BCUT2D eigenvalue weighted by Crippen LogP contribution is 2.25. The lowest BCUT2D eigenvalue weighted by Gasteiger charge is -2.25. The van der Waals surface area contributed by atoms with E-state index in [1.807, 2.05) is 13.8 Å². The van der Waals surface area contributed by atoms with Gasteiger partial charge in [0, 0.05) is 0 Å². The average Bonchev–Trinajstić information content (AvgIpc) is 2.74. The van der Waals surface area contributed by atoms with Crippen molar-refractivity contribution in [3.63, 3.8) is 0 Å². The van der Waals surface area contributed by atoms with E-state index in [2.05, 4.69) is 10.2 Å². The van der Waals surface area contributed by atoms with Gasteiger partial charge in [0.05, 0.1) is 19.2 Å². The van der Waals surface area contributed by atoms with Crippen molar-refractivity contribution in [2.45, 2.75) is 32.9 Å². The van der Waals surface area contributed by atoms with Crippen LogP contribution >= 0.6 is 11.8 Å². The standard InChI is InChI=1S/C22H26ClFN2O5/c1-4-29-22(28)25-13-19(21(27)20(26-23)14(2)3)31-18-11-9-17(10-12-18)30-16-7-5-15(24)6-8-16/h5-12,14,19-20,26H,4,13H2,1-3H3,(H,25,28)/t19?,20-/m0/s1. The monoisotopic (exact) mass is 452 g/mol. The van der Waals surface area contributed by atoms with Gasteiger partial charge in [-0.15, -0.1) is 0 Å². The van der Waals surface area contributed by atoms with Crippen molar-refractivity contribution in [2.24, 2.45) is 5.92 Å². The van der Waals surface area contributed by atoms with Crippen molar-refractivity contribution in [2.75, 3.05) is 13.2 Å². The Kier molecular flexibility index (Phi) is 9.55. The Balaban J connectivity index is 2.09. The fourth-order valence-corrected chi connectivity index (χ4v) is 3.02. The molecule has 0 saturated heterocycles. The first-order valence-corrected chi connectivity index (χ1v) is 10.2. The molecule has 0 bridgehead atoms. The van der Waals surface area contributed by atoms with Crippen LogP contribution in [0.15, 0.2) is 48.5 Å². The van der Waals surface area contributed by atoms with Crippen LogP contribution in [0.5, 0.6) is 17.2 Å². The smallest absolute Gasteiger partial charge is 0.407 e. The minimum atomic E-state index is -0.994. The Morgan fingerprint density at radius 2 is 1.55 bits per heavy atom. The molecule has 2 N–H and O–H groups in total. The van der Waals surface area contributed by atoms with E-state index < -0.39 is 18.2 Å². The van der Waals surface area contributed by atoms with E-state index in [-0.39, 0.29) is 30.7 Å². The zero-order chi connectivity index (χ0) is 22.8. The van der Waals surface area contributed by atoms with Crippen LogP contribution in [0.3, 0.4) is 0 Å². The second-order valence-corrected chi connectivity index (χ2v) is 7.19. The Bertz CT molecular complexity index is 846. The molecule has 2 aromatic rings. The molecule has 168 valence electrons. The lowest BCUT2D eigenvalue weighted by Crippen LogP contribution is -2.49. The average molecular weight is 453 g/mol. The summed E-state index contributed by atoms with van der Waals surface area (Å²) in [6.07, 6.45) is -1.64. The first-order valence-electron chi connectivity index (χ1n) is 9.84. The molecule has 1 unspecified atom stereocenters. The normalized spacial score (nSPS) is 12.7. The van der Waals surface area contributed by atoms with Crippen molar-refractivity contribution in [1.82, 2.24) is 10.2 Å². The summed E-state index contributed by atoms with van der Waals surface area (Å²) in [6.45, 7) is 5.48. The molecular formula is C22H26ClFN2O5. The van der Waals surface area contributed by atoms with Crippen LogP contribution in [0.1, 0.15) is 20.8 Å². The van der Waals surface area contributed by atoms with Crippen LogP contribution in [-0.2, 0) is 9.53 Å². The highest BCUT2D eigenvalue weighted by Gasteiger charge is 2.31. The summed E-state index contributed by atoms with van der Waals surface area (Å²) in [4.78, 5) is 27.0. The van der Waals surface area contributed by atoms with E-state index in [4.69, 9.17) is 26.0 Å². The molecule has 0 radical (unpaired) electrons. The van der Waals surface area contributed by atoms with Crippen LogP contribution < -0.4 is 19.6 Å². The fourth-order valence-electron chi connectivity index (χ4n) is 2.66. The summed E-state index contributed by atoms with van der Waals surface area (Å²) in [5.74, 6) is 0.629. The van der Waals surface area contributed by atoms with E-state index in [0.717, 1.165) is 0 Å². The first-order chi connectivity index (χ1) is 14.8. The van der Waals surface area contributed by atoms with E-state index in [1.54, 1.807) is 31.2 Å². The van der Waals surface area contributed by atoms with Gasteiger partial charge in [0.1, 0.15) is 23.1 Å². The number of ether oxygens (including phenoxy) is 3. The van der Waals surface area contributed by atoms with Gasteiger partial charge < -0.3 is 19.5 Å². The minimum absolute atomic E-state index is 0.0900. The SMILES string of the molecule is CCOC(=O)NCC(Oc1ccc(Oc2ccc(F)cc2)cc1)C(=O)[C@@H](NCl)C(C)C. The lowest BCUT2D eigenvalue weighted by molar-refractivity contribution is -0.128. The molecule has 9 heteroatoms. The number of carbonyl (C=O) groups excluding carboxylic acids is 2. The number of hydrogen-bond acceptors (Lipinski definition) is 6. The summed E-state index contributed by atoms with van der Waals surface area (Å²) < 4.78 is 29.3. The highest BCUT2D eigenvalue weighted by molar-refractivity contribution is 6.15. The summed E-state index contributed by atoms with van der Waals surface area (Å²) in [7, 11) is 0. The molecule has 0 aliphatic heterocycles. The second kappa shape index (κ2) is 12.1. The molecule has 2 aromatic carbocycles. The Labute approximate surface area is 185 Å². The first kappa shape index (κ1) is 24.4. The number of alkyl carbamates (subject to hydrolysis) is 1. The number of nitrogens with one attached hydrogen (secondary N) is 2. The van der Waals surface area contributed by atoms with Crippen LogP contribution in [0.25, 0.3) is 0 Å². The van der Waals surface area contributed by atoms with Gasteiger partial charge in [-0.05, 0) is 73.1 Å². The van der Waals surface area contributed by atoms with Gasteiger partial charge >= 0.3 is 6.09 Å². The van der Waals surface area contributed by atoms with Gasteiger partial charge in [0.15, 0.2) is 11.9 Å². The van der Waals surface area contributed by atoms with E-state index in [1.165, 1.54) is 24.3 Å². The van der Waals surface area contributed by atoms with Crippen molar-refractivity contribution in [3.8, 4) is 17.2 Å². The van der Waals surface area contributed by atoms with Crippen molar-refractivity contribution in [3.05, 3.63) is 54.3 Å². The van der Waals surface area contributed by atoms with Gasteiger partial charge in [-0.3, -0.25) is 4.79 Å². The van der Waals surface area contributed by atoms with Gasteiger partial charge in [-0.1, -0.05) is 13.8 Å². The number of amides is 1. The fraction of sp³-hybridized carbons (Fsp3) is 0.364. The summed E-state index contributed by atoms with van der Waals surface area (Å²) in [5.41, 5.74) is 0. The van der Waals surface area contributed by atoms with Gasteiger partial charge in [-0.25, -0.2) is 14.0 Å². The maximum Gasteiger partial charge on any atom is 0.407 e. The lowest BCUT2D eigenvalue weighted by atomic mass is 9.97. The molecular weight excluding hydrogens is 427 g/mol. The molecule has 2 rings (SSSR count). The predicted octanol–water partition coefficient (Wildman–Crippen LogP) is 4.45. The van der Waals surface area contributed by atoms with Crippen LogP contribution in [0, 0.1) is 11.7 Å². The van der Waals surface area contributed by atoms with Gasteiger partial charge in [0.25, 0.3) is 0 Å². The summed E-state index contributed by atoms with van der Waals surface area (Å²) in [6, 6.07) is 11.5. The summed E-state index contributed by atoms with van der Waals surface area (Å²) >= 11 is 5.75. The third-order valence-corrected chi connectivity index (χ3v) is 4.50. The zero-order valence-corrected chi connectivity index (χ0v) is 18.3. The molecule has 0 saturated carbocycles. The number of halogens is 2. The van der Waals surface area contributed by atoms with Crippen molar-refractivity contribution < 1.29 is 28.2 Å². The van der Waals surface area contributed by atoms with Crippen LogP contribution in [0.4, 0.5) is 9.18 Å². The maximum absolute atomic E-state index is 13.0. The molecule has 2 atom stereocenters. The second-order valence-electron chi connectivity index (χ2n) is 6.97. The topological polar surface area (TPSA) is 85.9 Å². The number of carbonyl (C=O) groups is 2. The largest absolute Gasteiger partial charge is 0.481 e. The quantitative estimate of drug-likeness (QED) is 0.490. The zero-order valence-electron chi connectivity index (χ0n) is 17.6. The molecule has 0 heterocycles. The van der Waals surface area contributed by atoms with Crippen molar-refractivity contribution >= 4 is 23.7 Å². The maximum atomic E-state index is 13.0. The Hall–Kier alpha value is -2.84. The number of ketones is 1. The molecule has 1 amide bonds. The van der Waals surface area contributed by atoms with E-state index >= 15 is 0 Å². The van der Waals surface area contributed by atoms with Crippen LogP contribution in [0.2, 0.25) is 0 Å². The molecule has 0 aliphatic rings. The number of hydrogen-bond donors (Lipinski definition) is 2. The molecule has 0 aromatic heterocycles. The summed E-state index contributed by atoms with van der Waals surface area (Å²) in [5, 5.41) is 2.52. The molecule has 0 spiro atoms. The molecule has 31 heavy (non-hydrogen) atoms. The molecule has 0 aliphatic carbocycles. The van der Waals surface area contributed by atoms with Gasteiger partial charge in [-0.2, -0.15) is 0 Å². The third-order valence-electron chi connectivity index (χ3n) is 4.27. The van der Waals surface area contributed by atoms with E-state index in [9.17, 15) is 14.0 Å². The number of benzene rings is 2. The Morgan fingerprint density at radius 1 is 1.00 bits per heavy atom. The van der Waals surface area contributed by atoms with Crippen molar-refractivity contribution in [1.29, 1.82) is 0 Å².